The number of rotatable bonds is 4. The molecule has 1 aliphatic heterocycles. The van der Waals surface area contributed by atoms with Gasteiger partial charge in [0.15, 0.2) is 0 Å². The van der Waals surface area contributed by atoms with Gasteiger partial charge in [0.25, 0.3) is 0 Å². The van der Waals surface area contributed by atoms with Gasteiger partial charge in [0.2, 0.25) is 0 Å². The van der Waals surface area contributed by atoms with E-state index in [1.807, 2.05) is 11.3 Å². The molecule has 1 aromatic carbocycles. The molecule has 1 N–H and O–H groups in total. The maximum Gasteiger partial charge on any atom is 0.0331 e. The number of hydrogen-bond acceptors (Lipinski definition) is 3. The number of nitrogens with one attached hydrogen (secondary N) is 1. The van der Waals surface area contributed by atoms with Gasteiger partial charge in [-0.3, -0.25) is 4.90 Å². The molecule has 0 radical (unpaired) electrons. The average molecular weight is 300 g/mol. The normalized spacial score (nSPS) is 23.9. The lowest BCUT2D eigenvalue weighted by molar-refractivity contribution is 0.197. The molecular weight excluding hydrogens is 276 g/mol. The van der Waals surface area contributed by atoms with E-state index < -0.39 is 0 Å². The van der Waals surface area contributed by atoms with E-state index >= 15 is 0 Å². The Hall–Kier alpha value is -1.16. The van der Waals surface area contributed by atoms with Crippen molar-refractivity contribution in [3.63, 3.8) is 0 Å². The van der Waals surface area contributed by atoms with Crippen LogP contribution < -0.4 is 5.32 Å². The van der Waals surface area contributed by atoms with Crippen molar-refractivity contribution < 1.29 is 0 Å². The fourth-order valence-corrected chi connectivity index (χ4v) is 3.79. The molecule has 2 unspecified atom stereocenters. The van der Waals surface area contributed by atoms with Crippen LogP contribution in [0.25, 0.3) is 0 Å². The van der Waals surface area contributed by atoms with Crippen molar-refractivity contribution in [2.45, 2.75) is 38.4 Å². The van der Waals surface area contributed by atoms with Gasteiger partial charge in [0.05, 0.1) is 0 Å². The smallest absolute Gasteiger partial charge is 0.0331 e. The Morgan fingerprint density at radius 1 is 1.19 bits per heavy atom. The number of hydrogen-bond donors (Lipinski definition) is 1. The van der Waals surface area contributed by atoms with Crippen LogP contribution in [-0.4, -0.2) is 30.1 Å². The van der Waals surface area contributed by atoms with E-state index in [2.05, 4.69) is 65.0 Å². The summed E-state index contributed by atoms with van der Waals surface area (Å²) in [7, 11) is 0. The van der Waals surface area contributed by atoms with Crippen molar-refractivity contribution >= 4 is 11.3 Å². The minimum Gasteiger partial charge on any atom is -0.312 e. The van der Waals surface area contributed by atoms with Crippen LogP contribution in [0.4, 0.5) is 0 Å². The Bertz CT molecular complexity index is 523. The van der Waals surface area contributed by atoms with Gasteiger partial charge in [-0.25, -0.2) is 0 Å². The zero-order valence-electron chi connectivity index (χ0n) is 12.7. The Kier molecular flexibility index (Phi) is 5.07. The second kappa shape index (κ2) is 7.21. The van der Waals surface area contributed by atoms with Crippen LogP contribution in [0.1, 0.15) is 23.8 Å². The van der Waals surface area contributed by atoms with Gasteiger partial charge in [-0.05, 0) is 43.3 Å². The number of benzene rings is 1. The first-order valence-electron chi connectivity index (χ1n) is 7.85. The Morgan fingerprint density at radius 2 is 2.05 bits per heavy atom. The van der Waals surface area contributed by atoms with E-state index in [0.717, 1.165) is 26.1 Å². The van der Waals surface area contributed by atoms with Crippen molar-refractivity contribution in [2.24, 2.45) is 0 Å². The summed E-state index contributed by atoms with van der Waals surface area (Å²) in [6, 6.07) is 16.5. The fourth-order valence-electron chi connectivity index (χ4n) is 3.06. The molecule has 2 atom stereocenters. The highest BCUT2D eigenvalue weighted by molar-refractivity contribution is 7.09. The Labute approximate surface area is 131 Å². The van der Waals surface area contributed by atoms with Gasteiger partial charge in [-0.15, -0.1) is 11.3 Å². The predicted molar refractivity (Wildman–Crippen MR) is 90.7 cm³/mol. The second-order valence-electron chi connectivity index (χ2n) is 5.99. The average Bonchev–Trinajstić information content (AvgIpc) is 2.94. The molecule has 1 fully saturated rings. The molecule has 0 spiro atoms. The number of nitrogens with zero attached hydrogens (tertiary/aromatic N) is 1. The molecule has 3 heteroatoms. The van der Waals surface area contributed by atoms with Crippen molar-refractivity contribution in [1.29, 1.82) is 0 Å². The molecule has 0 amide bonds. The molecule has 3 rings (SSSR count). The first-order valence-corrected chi connectivity index (χ1v) is 8.73. The van der Waals surface area contributed by atoms with Gasteiger partial charge >= 0.3 is 0 Å². The lowest BCUT2D eigenvalue weighted by atomic mass is 10.1. The van der Waals surface area contributed by atoms with Crippen LogP contribution in [0.2, 0.25) is 0 Å². The summed E-state index contributed by atoms with van der Waals surface area (Å²) in [5.74, 6) is 0. The molecule has 2 aromatic rings. The Balaban J connectivity index is 1.65. The first kappa shape index (κ1) is 14.8. The van der Waals surface area contributed by atoms with Crippen LogP contribution >= 0.6 is 11.3 Å². The minimum atomic E-state index is 0.553. The molecule has 1 saturated heterocycles. The molecule has 112 valence electrons. The predicted octanol–water partition coefficient (Wildman–Crippen LogP) is 3.54. The highest BCUT2D eigenvalue weighted by Crippen LogP contribution is 2.18. The van der Waals surface area contributed by atoms with Gasteiger partial charge in [0.1, 0.15) is 0 Å². The van der Waals surface area contributed by atoms with Crippen molar-refractivity contribution in [3.05, 3.63) is 58.3 Å². The second-order valence-corrected chi connectivity index (χ2v) is 7.02. The largest absolute Gasteiger partial charge is 0.312 e. The van der Waals surface area contributed by atoms with Crippen molar-refractivity contribution in [3.8, 4) is 0 Å². The summed E-state index contributed by atoms with van der Waals surface area (Å²) in [5, 5.41) is 5.91. The molecule has 0 bridgehead atoms. The van der Waals surface area contributed by atoms with Gasteiger partial charge in [-0.2, -0.15) is 0 Å². The summed E-state index contributed by atoms with van der Waals surface area (Å²) in [4.78, 5) is 4.11. The van der Waals surface area contributed by atoms with E-state index in [0.29, 0.717) is 12.1 Å². The van der Waals surface area contributed by atoms with Crippen LogP contribution in [0.15, 0.2) is 47.8 Å². The summed E-state index contributed by atoms with van der Waals surface area (Å²) < 4.78 is 0. The van der Waals surface area contributed by atoms with E-state index in [9.17, 15) is 0 Å². The van der Waals surface area contributed by atoms with Crippen LogP contribution in [0, 0.1) is 0 Å². The highest BCUT2D eigenvalue weighted by Gasteiger charge is 2.23. The molecule has 1 aromatic heterocycles. The third kappa shape index (κ3) is 4.16. The zero-order chi connectivity index (χ0) is 14.5. The van der Waals surface area contributed by atoms with Gasteiger partial charge < -0.3 is 5.32 Å². The van der Waals surface area contributed by atoms with E-state index in [4.69, 9.17) is 0 Å². The van der Waals surface area contributed by atoms with E-state index in [-0.39, 0.29) is 0 Å². The summed E-state index contributed by atoms with van der Waals surface area (Å²) in [6.07, 6.45) is 2.35. The standard InChI is InChI=1S/C18H24N2S/c1-15-9-10-19-17(12-16-6-3-2-4-7-16)13-20(15)14-18-8-5-11-21-18/h2-8,11,15,17,19H,9-10,12-14H2,1H3. The van der Waals surface area contributed by atoms with Crippen molar-refractivity contribution in [2.75, 3.05) is 13.1 Å². The van der Waals surface area contributed by atoms with E-state index in [1.54, 1.807) is 0 Å². The first-order chi connectivity index (χ1) is 10.3. The molecular formula is C18H24N2S. The maximum atomic E-state index is 3.73. The van der Waals surface area contributed by atoms with Crippen LogP contribution in [-0.2, 0) is 13.0 Å². The molecule has 2 nitrogen and oxygen atoms in total. The molecule has 21 heavy (non-hydrogen) atoms. The quantitative estimate of drug-likeness (QED) is 0.929. The summed E-state index contributed by atoms with van der Waals surface area (Å²) in [5.41, 5.74) is 1.43. The lowest BCUT2D eigenvalue weighted by Crippen LogP contribution is -2.40. The molecule has 2 heterocycles. The monoisotopic (exact) mass is 300 g/mol. The van der Waals surface area contributed by atoms with Crippen LogP contribution in [0.5, 0.6) is 0 Å². The van der Waals surface area contributed by atoms with Gasteiger partial charge in [0, 0.05) is 30.1 Å². The SMILES string of the molecule is CC1CCNC(Cc2ccccc2)CN1Cc1cccs1. The Morgan fingerprint density at radius 3 is 2.81 bits per heavy atom. The summed E-state index contributed by atoms with van der Waals surface area (Å²) >= 11 is 1.87. The van der Waals surface area contributed by atoms with E-state index in [1.165, 1.54) is 16.9 Å². The zero-order valence-corrected chi connectivity index (χ0v) is 13.5. The van der Waals surface area contributed by atoms with Crippen molar-refractivity contribution in [1.82, 2.24) is 10.2 Å². The minimum absolute atomic E-state index is 0.553. The molecule has 0 aliphatic carbocycles. The molecule has 0 saturated carbocycles. The fraction of sp³-hybridized carbons (Fsp3) is 0.444. The molecule has 1 aliphatic rings. The van der Waals surface area contributed by atoms with Gasteiger partial charge in [-0.1, -0.05) is 36.4 Å². The topological polar surface area (TPSA) is 15.3 Å². The maximum absolute atomic E-state index is 3.73. The van der Waals surface area contributed by atoms with Crippen LogP contribution in [0.3, 0.4) is 0 Å². The third-order valence-corrected chi connectivity index (χ3v) is 5.20. The highest BCUT2D eigenvalue weighted by atomic mass is 32.1. The summed E-state index contributed by atoms with van der Waals surface area (Å²) in [6.45, 7) is 5.71. The lowest BCUT2D eigenvalue weighted by Gasteiger charge is -2.28. The number of thiophene rings is 1. The third-order valence-electron chi connectivity index (χ3n) is 4.34.